The molecule has 0 spiro atoms. The van der Waals surface area contributed by atoms with E-state index in [1.165, 1.54) is 0 Å². The van der Waals surface area contributed by atoms with Crippen molar-refractivity contribution in [2.45, 2.75) is 20.0 Å². The lowest BCUT2D eigenvalue weighted by atomic mass is 10.2. The summed E-state index contributed by atoms with van der Waals surface area (Å²) in [4.78, 5) is 18.6. The van der Waals surface area contributed by atoms with E-state index in [4.69, 9.17) is 0 Å². The van der Waals surface area contributed by atoms with E-state index in [0.717, 1.165) is 22.9 Å². The molecule has 6 nitrogen and oxygen atoms in total. The minimum atomic E-state index is -0.0157. The molecule has 1 aliphatic rings. The van der Waals surface area contributed by atoms with Gasteiger partial charge >= 0.3 is 0 Å². The van der Waals surface area contributed by atoms with E-state index >= 15 is 0 Å². The number of pyridine rings is 1. The first-order valence-corrected chi connectivity index (χ1v) is 7.92. The highest BCUT2D eigenvalue weighted by molar-refractivity contribution is 5.93. The highest BCUT2D eigenvalue weighted by atomic mass is 16.2. The smallest absolute Gasteiger partial charge is 0.255 e. The number of benzene rings is 1. The molecule has 0 saturated heterocycles. The van der Waals surface area contributed by atoms with Crippen LogP contribution in [-0.4, -0.2) is 37.1 Å². The summed E-state index contributed by atoms with van der Waals surface area (Å²) in [5.74, 6) is 1.65. The van der Waals surface area contributed by atoms with Gasteiger partial charge in [-0.3, -0.25) is 9.78 Å². The second-order valence-electron chi connectivity index (χ2n) is 5.87. The van der Waals surface area contributed by atoms with Gasteiger partial charge < -0.3 is 9.47 Å². The lowest BCUT2D eigenvalue weighted by molar-refractivity contribution is 0.0707. The van der Waals surface area contributed by atoms with Crippen LogP contribution in [0.15, 0.2) is 48.7 Å². The van der Waals surface area contributed by atoms with Gasteiger partial charge in [0.15, 0.2) is 11.6 Å². The maximum Gasteiger partial charge on any atom is 0.255 e. The molecule has 0 saturated carbocycles. The van der Waals surface area contributed by atoms with Crippen molar-refractivity contribution in [3.63, 3.8) is 0 Å². The molecule has 3 heterocycles. The third kappa shape index (κ3) is 2.56. The van der Waals surface area contributed by atoms with Gasteiger partial charge in [0.1, 0.15) is 0 Å². The van der Waals surface area contributed by atoms with Crippen molar-refractivity contribution in [2.75, 3.05) is 6.54 Å². The first-order chi connectivity index (χ1) is 11.7. The molecular formula is C18H17N5O. The lowest BCUT2D eigenvalue weighted by Gasteiger charge is -2.27. The predicted octanol–water partition coefficient (Wildman–Crippen LogP) is 2.30. The van der Waals surface area contributed by atoms with Crippen LogP contribution in [0.5, 0.6) is 0 Å². The van der Waals surface area contributed by atoms with Crippen molar-refractivity contribution >= 4 is 5.91 Å². The van der Waals surface area contributed by atoms with Crippen LogP contribution < -0.4 is 0 Å². The molecule has 0 fully saturated rings. The fraction of sp³-hybridized carbons (Fsp3) is 0.222. The third-order valence-corrected chi connectivity index (χ3v) is 4.23. The quantitative estimate of drug-likeness (QED) is 0.727. The molecule has 24 heavy (non-hydrogen) atoms. The SMILES string of the molecule is Cc1ccc(C(=O)N2CCn3c(nnc3-c3ccccc3)C2)cn1. The zero-order chi connectivity index (χ0) is 16.5. The van der Waals surface area contributed by atoms with Crippen molar-refractivity contribution in [2.24, 2.45) is 0 Å². The largest absolute Gasteiger partial charge is 0.329 e. The average Bonchev–Trinajstić information content (AvgIpc) is 3.05. The molecule has 0 N–H and O–H groups in total. The number of aromatic nitrogens is 4. The number of rotatable bonds is 2. The lowest BCUT2D eigenvalue weighted by Crippen LogP contribution is -2.38. The third-order valence-electron chi connectivity index (χ3n) is 4.23. The van der Waals surface area contributed by atoms with E-state index < -0.39 is 0 Å². The second-order valence-corrected chi connectivity index (χ2v) is 5.87. The molecule has 0 unspecified atom stereocenters. The van der Waals surface area contributed by atoms with E-state index in [9.17, 15) is 4.79 Å². The van der Waals surface area contributed by atoms with Gasteiger partial charge in [-0.1, -0.05) is 30.3 Å². The van der Waals surface area contributed by atoms with Crippen LogP contribution >= 0.6 is 0 Å². The Hall–Kier alpha value is -3.02. The Balaban J connectivity index is 1.58. The van der Waals surface area contributed by atoms with Crippen LogP contribution in [0.3, 0.4) is 0 Å². The molecule has 6 heteroatoms. The number of amides is 1. The minimum Gasteiger partial charge on any atom is -0.329 e. The summed E-state index contributed by atoms with van der Waals surface area (Å²) < 4.78 is 2.09. The number of aryl methyl sites for hydroxylation is 1. The average molecular weight is 319 g/mol. The molecule has 1 aromatic carbocycles. The van der Waals surface area contributed by atoms with Crippen molar-refractivity contribution in [3.05, 3.63) is 65.7 Å². The first-order valence-electron chi connectivity index (χ1n) is 7.92. The number of carbonyl (C=O) groups is 1. The molecule has 0 radical (unpaired) electrons. The maximum absolute atomic E-state index is 12.6. The Kier molecular flexibility index (Phi) is 3.57. The van der Waals surface area contributed by atoms with Gasteiger partial charge in [-0.2, -0.15) is 0 Å². The van der Waals surface area contributed by atoms with Gasteiger partial charge in [0, 0.05) is 30.5 Å². The van der Waals surface area contributed by atoms with E-state index in [1.807, 2.05) is 49.4 Å². The molecule has 4 rings (SSSR count). The standard InChI is InChI=1S/C18H17N5O/c1-13-7-8-15(11-19-13)18(24)22-9-10-23-16(12-22)20-21-17(23)14-5-3-2-4-6-14/h2-8,11H,9-10,12H2,1H3. The summed E-state index contributed by atoms with van der Waals surface area (Å²) >= 11 is 0. The van der Waals surface area contributed by atoms with E-state index in [0.29, 0.717) is 25.2 Å². The minimum absolute atomic E-state index is 0.0157. The van der Waals surface area contributed by atoms with Gasteiger partial charge in [-0.15, -0.1) is 10.2 Å². The van der Waals surface area contributed by atoms with Gasteiger partial charge in [0.25, 0.3) is 5.91 Å². The molecule has 1 aliphatic heterocycles. The van der Waals surface area contributed by atoms with Crippen molar-refractivity contribution in [1.82, 2.24) is 24.6 Å². The zero-order valence-corrected chi connectivity index (χ0v) is 13.4. The number of nitrogens with zero attached hydrogens (tertiary/aromatic N) is 5. The van der Waals surface area contributed by atoms with Gasteiger partial charge in [0.05, 0.1) is 12.1 Å². The first kappa shape index (κ1) is 14.6. The summed E-state index contributed by atoms with van der Waals surface area (Å²) in [6, 6.07) is 13.7. The topological polar surface area (TPSA) is 63.9 Å². The van der Waals surface area contributed by atoms with Crippen LogP contribution in [0.25, 0.3) is 11.4 Å². The van der Waals surface area contributed by atoms with Crippen LogP contribution in [0, 0.1) is 6.92 Å². The molecule has 1 amide bonds. The number of hydrogen-bond acceptors (Lipinski definition) is 4. The number of carbonyl (C=O) groups excluding carboxylic acids is 1. The van der Waals surface area contributed by atoms with Crippen molar-refractivity contribution in [3.8, 4) is 11.4 Å². The van der Waals surface area contributed by atoms with Crippen LogP contribution in [0.4, 0.5) is 0 Å². The molecule has 0 aliphatic carbocycles. The monoisotopic (exact) mass is 319 g/mol. The Morgan fingerprint density at radius 2 is 1.88 bits per heavy atom. The summed E-state index contributed by atoms with van der Waals surface area (Å²) in [6.45, 7) is 3.70. The molecule has 120 valence electrons. The van der Waals surface area contributed by atoms with Gasteiger partial charge in [0.2, 0.25) is 0 Å². The Morgan fingerprint density at radius 3 is 2.62 bits per heavy atom. The Labute approximate surface area is 139 Å². The molecule has 2 aromatic heterocycles. The summed E-state index contributed by atoms with van der Waals surface area (Å²) in [5, 5.41) is 8.59. The van der Waals surface area contributed by atoms with Gasteiger partial charge in [-0.25, -0.2) is 0 Å². The summed E-state index contributed by atoms with van der Waals surface area (Å²) in [5.41, 5.74) is 2.55. The fourth-order valence-electron chi connectivity index (χ4n) is 2.91. The van der Waals surface area contributed by atoms with Crippen molar-refractivity contribution < 1.29 is 4.79 Å². The van der Waals surface area contributed by atoms with Crippen LogP contribution in [-0.2, 0) is 13.1 Å². The molecule has 0 atom stereocenters. The number of hydrogen-bond donors (Lipinski definition) is 0. The van der Waals surface area contributed by atoms with Crippen molar-refractivity contribution in [1.29, 1.82) is 0 Å². The predicted molar refractivity (Wildman–Crippen MR) is 89.2 cm³/mol. The summed E-state index contributed by atoms with van der Waals surface area (Å²) in [6.07, 6.45) is 1.63. The fourth-order valence-corrected chi connectivity index (χ4v) is 2.91. The Morgan fingerprint density at radius 1 is 1.04 bits per heavy atom. The summed E-state index contributed by atoms with van der Waals surface area (Å²) in [7, 11) is 0. The maximum atomic E-state index is 12.6. The Bertz CT molecular complexity index is 870. The van der Waals surface area contributed by atoms with Gasteiger partial charge in [-0.05, 0) is 19.1 Å². The molecule has 3 aromatic rings. The van der Waals surface area contributed by atoms with E-state index in [2.05, 4.69) is 19.7 Å². The highest BCUT2D eigenvalue weighted by Gasteiger charge is 2.25. The van der Waals surface area contributed by atoms with E-state index in [1.54, 1.807) is 11.1 Å². The zero-order valence-electron chi connectivity index (χ0n) is 13.4. The molecular weight excluding hydrogens is 302 g/mol. The highest BCUT2D eigenvalue weighted by Crippen LogP contribution is 2.22. The van der Waals surface area contributed by atoms with Crippen LogP contribution in [0.2, 0.25) is 0 Å². The van der Waals surface area contributed by atoms with Crippen LogP contribution in [0.1, 0.15) is 21.9 Å². The van der Waals surface area contributed by atoms with E-state index in [-0.39, 0.29) is 5.91 Å². The number of fused-ring (bicyclic) bond motifs is 1. The second kappa shape index (κ2) is 5.88. The molecule has 0 bridgehead atoms. The normalized spacial score (nSPS) is 13.6.